The van der Waals surface area contributed by atoms with Gasteiger partial charge in [-0.15, -0.1) is 0 Å². The first-order valence-electron chi connectivity index (χ1n) is 9.48. The average Bonchev–Trinajstić information content (AvgIpc) is 3.23. The SMILES string of the molecule is COc1cc2c(cc1OC)[C@@H](c1cccc([N+](=O)[O-])c1)N(C(=O)c1ccc(Br)o1)CC2. The second kappa shape index (κ2) is 8.43. The lowest BCUT2D eigenvalue weighted by Crippen LogP contribution is -2.40. The van der Waals surface area contributed by atoms with Crippen LogP contribution in [0.5, 0.6) is 11.5 Å². The molecule has 8 nitrogen and oxygen atoms in total. The molecule has 0 fully saturated rings. The Hall–Kier alpha value is -3.33. The van der Waals surface area contributed by atoms with Gasteiger partial charge >= 0.3 is 0 Å². The number of hydrogen-bond acceptors (Lipinski definition) is 6. The summed E-state index contributed by atoms with van der Waals surface area (Å²) in [4.78, 5) is 25.9. The van der Waals surface area contributed by atoms with Gasteiger partial charge in [-0.25, -0.2) is 0 Å². The molecule has 1 atom stereocenters. The smallest absolute Gasteiger partial charge is 0.290 e. The van der Waals surface area contributed by atoms with E-state index in [1.807, 2.05) is 12.1 Å². The van der Waals surface area contributed by atoms with Gasteiger partial charge in [0.15, 0.2) is 21.9 Å². The number of amides is 1. The van der Waals surface area contributed by atoms with E-state index in [0.29, 0.717) is 34.7 Å². The van der Waals surface area contributed by atoms with Crippen LogP contribution in [-0.4, -0.2) is 36.5 Å². The molecule has 2 heterocycles. The molecular formula is C22H19BrN2O6. The minimum absolute atomic E-state index is 0.0433. The van der Waals surface area contributed by atoms with Gasteiger partial charge in [0.25, 0.3) is 11.6 Å². The second-order valence-electron chi connectivity index (χ2n) is 7.01. The van der Waals surface area contributed by atoms with Gasteiger partial charge < -0.3 is 18.8 Å². The van der Waals surface area contributed by atoms with E-state index in [9.17, 15) is 14.9 Å². The van der Waals surface area contributed by atoms with E-state index >= 15 is 0 Å². The van der Waals surface area contributed by atoms with Gasteiger partial charge in [0.2, 0.25) is 0 Å². The molecule has 0 N–H and O–H groups in total. The Labute approximate surface area is 186 Å². The third-order valence-corrected chi connectivity index (χ3v) is 5.74. The minimum Gasteiger partial charge on any atom is -0.493 e. The van der Waals surface area contributed by atoms with Crippen molar-refractivity contribution in [2.24, 2.45) is 0 Å². The maximum atomic E-state index is 13.3. The molecule has 0 bridgehead atoms. The van der Waals surface area contributed by atoms with Gasteiger partial charge in [-0.3, -0.25) is 14.9 Å². The third kappa shape index (κ3) is 3.88. The highest BCUT2D eigenvalue weighted by atomic mass is 79.9. The fourth-order valence-corrected chi connectivity index (χ4v) is 4.21. The summed E-state index contributed by atoms with van der Waals surface area (Å²) in [5, 5.41) is 11.4. The number of nitro groups is 1. The third-order valence-electron chi connectivity index (χ3n) is 5.32. The molecule has 31 heavy (non-hydrogen) atoms. The molecule has 160 valence electrons. The van der Waals surface area contributed by atoms with Gasteiger partial charge in [0.1, 0.15) is 0 Å². The molecule has 1 amide bonds. The van der Waals surface area contributed by atoms with Crippen LogP contribution in [0.3, 0.4) is 0 Å². The van der Waals surface area contributed by atoms with Crippen LogP contribution in [0.4, 0.5) is 5.69 Å². The largest absolute Gasteiger partial charge is 0.493 e. The van der Waals surface area contributed by atoms with E-state index in [-0.39, 0.29) is 17.4 Å². The van der Waals surface area contributed by atoms with Gasteiger partial charge in [-0.05, 0) is 63.3 Å². The molecule has 0 aliphatic carbocycles. The summed E-state index contributed by atoms with van der Waals surface area (Å²) in [7, 11) is 3.11. The van der Waals surface area contributed by atoms with Crippen molar-refractivity contribution in [3.8, 4) is 11.5 Å². The van der Waals surface area contributed by atoms with E-state index in [4.69, 9.17) is 13.9 Å². The topological polar surface area (TPSA) is 95.0 Å². The van der Waals surface area contributed by atoms with Crippen molar-refractivity contribution in [1.82, 2.24) is 4.90 Å². The second-order valence-corrected chi connectivity index (χ2v) is 7.79. The number of benzene rings is 2. The van der Waals surface area contributed by atoms with Crippen molar-refractivity contribution in [3.63, 3.8) is 0 Å². The Morgan fingerprint density at radius 3 is 2.55 bits per heavy atom. The summed E-state index contributed by atoms with van der Waals surface area (Å²) in [6.07, 6.45) is 0.592. The lowest BCUT2D eigenvalue weighted by atomic mass is 9.87. The first-order valence-corrected chi connectivity index (χ1v) is 10.3. The quantitative estimate of drug-likeness (QED) is 0.381. The average molecular weight is 487 g/mol. The first kappa shape index (κ1) is 20.9. The molecule has 9 heteroatoms. The Kier molecular flexibility index (Phi) is 5.69. The molecular weight excluding hydrogens is 468 g/mol. The number of methoxy groups -OCH3 is 2. The number of furan rings is 1. The Morgan fingerprint density at radius 2 is 1.90 bits per heavy atom. The summed E-state index contributed by atoms with van der Waals surface area (Å²) < 4.78 is 16.8. The predicted octanol–water partition coefficient (Wildman–Crippen LogP) is 4.76. The molecule has 0 unspecified atom stereocenters. The van der Waals surface area contributed by atoms with E-state index in [1.165, 1.54) is 12.1 Å². The van der Waals surface area contributed by atoms with Crippen molar-refractivity contribution < 1.29 is 23.6 Å². The van der Waals surface area contributed by atoms with Crippen LogP contribution < -0.4 is 9.47 Å². The van der Waals surface area contributed by atoms with Gasteiger partial charge in [-0.2, -0.15) is 0 Å². The molecule has 1 aliphatic rings. The molecule has 0 spiro atoms. The fourth-order valence-electron chi connectivity index (χ4n) is 3.90. The zero-order chi connectivity index (χ0) is 22.1. The molecule has 1 aliphatic heterocycles. The van der Waals surface area contributed by atoms with Gasteiger partial charge in [0, 0.05) is 18.7 Å². The number of fused-ring (bicyclic) bond motifs is 1. The van der Waals surface area contributed by atoms with E-state index in [2.05, 4.69) is 15.9 Å². The Morgan fingerprint density at radius 1 is 1.16 bits per heavy atom. The van der Waals surface area contributed by atoms with Crippen LogP contribution in [0, 0.1) is 10.1 Å². The Bertz CT molecular complexity index is 1160. The highest BCUT2D eigenvalue weighted by Gasteiger charge is 2.35. The number of nitro benzene ring substituents is 1. The number of non-ortho nitro benzene ring substituents is 1. The van der Waals surface area contributed by atoms with Crippen LogP contribution in [0.15, 0.2) is 57.6 Å². The van der Waals surface area contributed by atoms with Crippen molar-refractivity contribution in [2.45, 2.75) is 12.5 Å². The zero-order valence-corrected chi connectivity index (χ0v) is 18.4. The van der Waals surface area contributed by atoms with Crippen LogP contribution in [-0.2, 0) is 6.42 Å². The number of nitrogens with zero attached hydrogens (tertiary/aromatic N) is 2. The molecule has 0 saturated heterocycles. The summed E-state index contributed by atoms with van der Waals surface area (Å²) in [6.45, 7) is 0.410. The number of hydrogen-bond donors (Lipinski definition) is 0. The lowest BCUT2D eigenvalue weighted by Gasteiger charge is -2.37. The monoisotopic (exact) mass is 486 g/mol. The van der Waals surface area contributed by atoms with E-state index < -0.39 is 11.0 Å². The maximum Gasteiger partial charge on any atom is 0.290 e. The van der Waals surface area contributed by atoms with Crippen LogP contribution in [0.2, 0.25) is 0 Å². The maximum absolute atomic E-state index is 13.3. The van der Waals surface area contributed by atoms with E-state index in [1.54, 1.807) is 43.4 Å². The summed E-state index contributed by atoms with van der Waals surface area (Å²) in [5.41, 5.74) is 2.39. The van der Waals surface area contributed by atoms with Crippen LogP contribution in [0.25, 0.3) is 0 Å². The van der Waals surface area contributed by atoms with Crippen LogP contribution in [0.1, 0.15) is 33.3 Å². The standard InChI is InChI=1S/C22H19BrN2O6/c1-29-18-11-13-8-9-24(22(26)17-6-7-20(23)31-17)21(16(13)12-19(18)30-2)14-4-3-5-15(10-14)25(27)28/h3-7,10-12,21H,8-9H2,1-2H3/t21-/m1/s1. The number of rotatable bonds is 5. The molecule has 0 radical (unpaired) electrons. The molecule has 1 aromatic heterocycles. The first-order chi connectivity index (χ1) is 14.9. The van der Waals surface area contributed by atoms with Crippen molar-refractivity contribution in [2.75, 3.05) is 20.8 Å². The van der Waals surface area contributed by atoms with Crippen molar-refractivity contribution in [1.29, 1.82) is 0 Å². The number of carbonyl (C=O) groups excluding carboxylic acids is 1. The van der Waals surface area contributed by atoms with Gasteiger partial charge in [-0.1, -0.05) is 12.1 Å². The number of halogens is 1. The molecule has 0 saturated carbocycles. The number of ether oxygens (including phenoxy) is 2. The zero-order valence-electron chi connectivity index (χ0n) is 16.8. The minimum atomic E-state index is -0.556. The van der Waals surface area contributed by atoms with Crippen molar-refractivity contribution in [3.05, 3.63) is 85.8 Å². The molecule has 2 aromatic carbocycles. The highest BCUT2D eigenvalue weighted by molar-refractivity contribution is 9.10. The summed E-state index contributed by atoms with van der Waals surface area (Å²) in [6, 6.07) is 12.7. The van der Waals surface area contributed by atoms with Crippen LogP contribution >= 0.6 is 15.9 Å². The van der Waals surface area contributed by atoms with Gasteiger partial charge in [0.05, 0.1) is 25.2 Å². The molecule has 4 rings (SSSR count). The molecule has 3 aromatic rings. The number of carbonyl (C=O) groups is 1. The fraction of sp³-hybridized carbons (Fsp3) is 0.227. The van der Waals surface area contributed by atoms with E-state index in [0.717, 1.165) is 11.1 Å². The summed E-state index contributed by atoms with van der Waals surface area (Å²) >= 11 is 3.23. The lowest BCUT2D eigenvalue weighted by molar-refractivity contribution is -0.384. The normalized spacial score (nSPS) is 15.3. The van der Waals surface area contributed by atoms with Crippen molar-refractivity contribution >= 4 is 27.5 Å². The summed E-state index contributed by atoms with van der Waals surface area (Å²) in [5.74, 6) is 0.995. The predicted molar refractivity (Wildman–Crippen MR) is 116 cm³/mol. The Balaban J connectivity index is 1.88. The highest BCUT2D eigenvalue weighted by Crippen LogP contribution is 2.42.